The highest BCUT2D eigenvalue weighted by molar-refractivity contribution is 6.31. The highest BCUT2D eigenvalue weighted by Gasteiger charge is 2.14. The summed E-state index contributed by atoms with van der Waals surface area (Å²) in [5.41, 5.74) is 7.34. The van der Waals surface area contributed by atoms with Gasteiger partial charge in [0.1, 0.15) is 0 Å². The third kappa shape index (κ3) is 1.89. The normalized spacial score (nSPS) is 11.7. The Morgan fingerprint density at radius 2 is 2.00 bits per heavy atom. The number of anilines is 1. The van der Waals surface area contributed by atoms with E-state index < -0.39 is 0 Å². The van der Waals surface area contributed by atoms with Crippen LogP contribution in [0.1, 0.15) is 26.3 Å². The Hall–Kier alpha value is -0.760. The Bertz CT molecular complexity index is 289. The van der Waals surface area contributed by atoms with Crippen molar-refractivity contribution in [3.05, 3.63) is 23.0 Å². The van der Waals surface area contributed by atoms with Gasteiger partial charge in [-0.3, -0.25) is 0 Å². The molecule has 0 aliphatic carbocycles. The van der Waals surface area contributed by atoms with E-state index in [0.29, 0.717) is 10.8 Å². The zero-order chi connectivity index (χ0) is 9.35. The highest BCUT2D eigenvalue weighted by atomic mass is 35.5. The summed E-state index contributed by atoms with van der Waals surface area (Å²) in [5, 5.41) is 0.378. The number of aromatic nitrogens is 1. The maximum absolute atomic E-state index is 5.69. The van der Waals surface area contributed by atoms with Crippen molar-refractivity contribution < 1.29 is 0 Å². The molecule has 0 saturated carbocycles. The molecule has 0 amide bonds. The van der Waals surface area contributed by atoms with Gasteiger partial charge in [0.25, 0.3) is 0 Å². The van der Waals surface area contributed by atoms with E-state index in [2.05, 4.69) is 25.8 Å². The van der Waals surface area contributed by atoms with Crippen LogP contribution in [-0.2, 0) is 5.41 Å². The number of hydrogen-bond donors (Lipinski definition) is 1. The highest BCUT2D eigenvalue weighted by Crippen LogP contribution is 2.25. The molecule has 0 aliphatic heterocycles. The summed E-state index contributed by atoms with van der Waals surface area (Å²) in [7, 11) is 0. The molecule has 12 heavy (non-hydrogen) atoms. The minimum absolute atomic E-state index is 0.0751. The zero-order valence-corrected chi connectivity index (χ0v) is 8.31. The van der Waals surface area contributed by atoms with Crippen molar-refractivity contribution >= 4 is 17.3 Å². The first-order valence-electron chi connectivity index (χ1n) is 3.83. The second kappa shape index (κ2) is 2.94. The second-order valence-corrected chi connectivity index (χ2v) is 4.21. The van der Waals surface area contributed by atoms with Gasteiger partial charge in [0.2, 0.25) is 0 Å². The van der Waals surface area contributed by atoms with Crippen LogP contribution >= 0.6 is 11.6 Å². The zero-order valence-electron chi connectivity index (χ0n) is 7.56. The lowest BCUT2D eigenvalue weighted by atomic mass is 9.88. The molecule has 0 atom stereocenters. The monoisotopic (exact) mass is 184 g/mol. The molecule has 0 fully saturated rings. The predicted octanol–water partition coefficient (Wildman–Crippen LogP) is 2.61. The lowest BCUT2D eigenvalue weighted by molar-refractivity contribution is 0.588. The van der Waals surface area contributed by atoms with E-state index in [0.717, 1.165) is 5.56 Å². The summed E-state index contributed by atoms with van der Waals surface area (Å²) in [4.78, 5) is 3.99. The average molecular weight is 185 g/mol. The van der Waals surface area contributed by atoms with E-state index in [4.69, 9.17) is 17.3 Å². The van der Waals surface area contributed by atoms with Gasteiger partial charge in [-0.2, -0.15) is 0 Å². The number of nitrogens with zero attached hydrogens (tertiary/aromatic N) is 1. The van der Waals surface area contributed by atoms with Crippen molar-refractivity contribution in [1.82, 2.24) is 4.98 Å². The third-order valence-electron chi connectivity index (χ3n) is 1.73. The largest absolute Gasteiger partial charge is 0.396 e. The van der Waals surface area contributed by atoms with E-state index >= 15 is 0 Å². The molecular formula is C9H13ClN2. The number of nitrogen functional groups attached to an aromatic ring is 1. The smallest absolute Gasteiger partial charge is 0.151 e. The molecule has 1 aromatic heterocycles. The first kappa shape index (κ1) is 9.33. The summed E-state index contributed by atoms with van der Waals surface area (Å²) in [5.74, 6) is 0. The van der Waals surface area contributed by atoms with Gasteiger partial charge in [-0.1, -0.05) is 32.4 Å². The molecule has 1 heterocycles. The summed E-state index contributed by atoms with van der Waals surface area (Å²) in [6.07, 6.45) is 1.76. The van der Waals surface area contributed by atoms with Crippen LogP contribution in [0, 0.1) is 0 Å². The number of pyridine rings is 1. The predicted molar refractivity (Wildman–Crippen MR) is 52.4 cm³/mol. The van der Waals surface area contributed by atoms with Gasteiger partial charge in [0, 0.05) is 6.20 Å². The van der Waals surface area contributed by atoms with Crippen molar-refractivity contribution in [3.8, 4) is 0 Å². The van der Waals surface area contributed by atoms with Crippen molar-refractivity contribution in [2.45, 2.75) is 26.2 Å². The Morgan fingerprint density at radius 1 is 1.42 bits per heavy atom. The first-order valence-corrected chi connectivity index (χ1v) is 4.20. The van der Waals surface area contributed by atoms with Crippen molar-refractivity contribution in [2.75, 3.05) is 5.73 Å². The number of halogens is 1. The van der Waals surface area contributed by atoms with Gasteiger partial charge in [-0.05, 0) is 17.0 Å². The molecule has 1 rings (SSSR count). The lowest BCUT2D eigenvalue weighted by Gasteiger charge is -2.18. The minimum atomic E-state index is 0.0751. The van der Waals surface area contributed by atoms with E-state index in [1.54, 1.807) is 6.20 Å². The molecule has 66 valence electrons. The minimum Gasteiger partial charge on any atom is -0.396 e. The number of rotatable bonds is 0. The van der Waals surface area contributed by atoms with Crippen LogP contribution in [0.4, 0.5) is 5.69 Å². The third-order valence-corrected chi connectivity index (χ3v) is 2.05. The van der Waals surface area contributed by atoms with Gasteiger partial charge >= 0.3 is 0 Å². The van der Waals surface area contributed by atoms with E-state index in [9.17, 15) is 0 Å². The van der Waals surface area contributed by atoms with Gasteiger partial charge < -0.3 is 5.73 Å². The van der Waals surface area contributed by atoms with Crippen LogP contribution in [0.3, 0.4) is 0 Å². The van der Waals surface area contributed by atoms with Crippen LogP contribution in [0.25, 0.3) is 0 Å². The summed E-state index contributed by atoms with van der Waals surface area (Å²) in [6, 6.07) is 1.87. The van der Waals surface area contributed by atoms with Crippen LogP contribution in [0.15, 0.2) is 12.3 Å². The summed E-state index contributed by atoms with van der Waals surface area (Å²) < 4.78 is 0. The van der Waals surface area contributed by atoms with Crippen LogP contribution in [0.5, 0.6) is 0 Å². The Labute approximate surface area is 77.8 Å². The molecule has 0 spiro atoms. The quantitative estimate of drug-likeness (QED) is 0.630. The number of nitrogens with two attached hydrogens (primary N) is 1. The first-order chi connectivity index (χ1) is 5.41. The molecule has 0 aliphatic rings. The van der Waals surface area contributed by atoms with E-state index in [1.165, 1.54) is 0 Å². The van der Waals surface area contributed by atoms with Gasteiger partial charge in [-0.15, -0.1) is 0 Å². The SMILES string of the molecule is CC(C)(C)c1cnc(Cl)c(N)c1. The molecule has 0 radical (unpaired) electrons. The van der Waals surface area contributed by atoms with E-state index in [1.807, 2.05) is 6.07 Å². The van der Waals surface area contributed by atoms with Crippen LogP contribution < -0.4 is 5.73 Å². The molecule has 3 heteroatoms. The fraction of sp³-hybridized carbons (Fsp3) is 0.444. The Balaban J connectivity index is 3.14. The van der Waals surface area contributed by atoms with Crippen LogP contribution in [0.2, 0.25) is 5.15 Å². The molecular weight excluding hydrogens is 172 g/mol. The maximum atomic E-state index is 5.69. The Morgan fingerprint density at radius 3 is 2.42 bits per heavy atom. The lowest BCUT2D eigenvalue weighted by Crippen LogP contribution is -2.12. The summed E-state index contributed by atoms with van der Waals surface area (Å²) >= 11 is 5.69. The topological polar surface area (TPSA) is 38.9 Å². The van der Waals surface area contributed by atoms with Gasteiger partial charge in [0.15, 0.2) is 5.15 Å². The molecule has 2 N–H and O–H groups in total. The summed E-state index contributed by atoms with van der Waals surface area (Å²) in [6.45, 7) is 6.33. The fourth-order valence-electron chi connectivity index (χ4n) is 0.875. The van der Waals surface area contributed by atoms with Gasteiger partial charge in [0.05, 0.1) is 5.69 Å². The number of hydrogen-bond acceptors (Lipinski definition) is 2. The fourth-order valence-corrected chi connectivity index (χ4v) is 0.979. The van der Waals surface area contributed by atoms with Gasteiger partial charge in [-0.25, -0.2) is 4.98 Å². The second-order valence-electron chi connectivity index (χ2n) is 3.85. The van der Waals surface area contributed by atoms with Crippen molar-refractivity contribution in [3.63, 3.8) is 0 Å². The molecule has 0 unspecified atom stereocenters. The maximum Gasteiger partial charge on any atom is 0.151 e. The molecule has 1 aromatic rings. The van der Waals surface area contributed by atoms with Crippen molar-refractivity contribution in [2.24, 2.45) is 0 Å². The average Bonchev–Trinajstić information content (AvgIpc) is 1.92. The van der Waals surface area contributed by atoms with Crippen molar-refractivity contribution in [1.29, 1.82) is 0 Å². The Kier molecular flexibility index (Phi) is 2.29. The van der Waals surface area contributed by atoms with Crippen LogP contribution in [-0.4, -0.2) is 4.98 Å². The standard InChI is InChI=1S/C9H13ClN2/c1-9(2,3)6-4-7(11)8(10)12-5-6/h4-5H,11H2,1-3H3. The molecule has 0 bridgehead atoms. The molecule has 0 aromatic carbocycles. The molecule has 2 nitrogen and oxygen atoms in total. The molecule has 0 saturated heterocycles. The van der Waals surface area contributed by atoms with E-state index in [-0.39, 0.29) is 5.41 Å².